The number of hydrogen-bond donors (Lipinski definition) is 2. The van der Waals surface area contributed by atoms with Crippen molar-refractivity contribution in [2.45, 2.75) is 26.3 Å². The van der Waals surface area contributed by atoms with E-state index in [1.807, 2.05) is 0 Å². The Morgan fingerprint density at radius 3 is 2.21 bits per heavy atom. The van der Waals surface area contributed by atoms with Crippen LogP contribution in [0.25, 0.3) is 0 Å². The molecule has 2 atom stereocenters. The molecule has 10 nitrogen and oxygen atoms in total. The fourth-order valence-corrected chi connectivity index (χ4v) is 2.45. The van der Waals surface area contributed by atoms with Gasteiger partial charge < -0.3 is 24.6 Å². The van der Waals surface area contributed by atoms with Crippen molar-refractivity contribution >= 4 is 29.8 Å². The standard InChI is InChI=1S/C19H23NO9/c1-4-28-14(21)10-13(19(26)29-5-2)15(17(23)24)20-16(22)11-7-6-8-12(9-11)18(25)27-3/h6-9,13,15H,4-5,10H2,1-3H3,(H,20,22)(H,23,24)/t13-,15+/m1/s1. The molecule has 0 spiro atoms. The lowest BCUT2D eigenvalue weighted by molar-refractivity contribution is -0.159. The normalized spacial score (nSPS) is 12.2. The van der Waals surface area contributed by atoms with E-state index in [1.54, 1.807) is 6.92 Å². The number of carbonyl (C=O) groups is 5. The molecule has 0 aliphatic heterocycles. The lowest BCUT2D eigenvalue weighted by Gasteiger charge is -2.23. The van der Waals surface area contributed by atoms with Gasteiger partial charge in [0.1, 0.15) is 6.04 Å². The van der Waals surface area contributed by atoms with Crippen molar-refractivity contribution < 1.29 is 43.3 Å². The van der Waals surface area contributed by atoms with Crippen molar-refractivity contribution in [2.75, 3.05) is 20.3 Å². The van der Waals surface area contributed by atoms with Gasteiger partial charge >= 0.3 is 23.9 Å². The van der Waals surface area contributed by atoms with Crippen molar-refractivity contribution in [1.82, 2.24) is 5.32 Å². The van der Waals surface area contributed by atoms with Crippen molar-refractivity contribution in [3.8, 4) is 0 Å². The number of nitrogens with one attached hydrogen (secondary N) is 1. The smallest absolute Gasteiger partial charge is 0.337 e. The first-order valence-corrected chi connectivity index (χ1v) is 8.79. The highest BCUT2D eigenvalue weighted by molar-refractivity contribution is 6.00. The molecule has 0 fully saturated rings. The Morgan fingerprint density at radius 1 is 1.03 bits per heavy atom. The fourth-order valence-electron chi connectivity index (χ4n) is 2.45. The molecule has 0 radical (unpaired) electrons. The Balaban J connectivity index is 3.13. The van der Waals surface area contributed by atoms with Crippen LogP contribution in [-0.2, 0) is 28.6 Å². The highest BCUT2D eigenvalue weighted by Gasteiger charge is 2.38. The largest absolute Gasteiger partial charge is 0.480 e. The van der Waals surface area contributed by atoms with Gasteiger partial charge in [-0.2, -0.15) is 0 Å². The molecule has 29 heavy (non-hydrogen) atoms. The average molecular weight is 409 g/mol. The lowest BCUT2D eigenvalue weighted by Crippen LogP contribution is -2.49. The molecule has 1 rings (SSSR count). The summed E-state index contributed by atoms with van der Waals surface area (Å²) in [7, 11) is 1.18. The second-order valence-corrected chi connectivity index (χ2v) is 5.73. The second-order valence-electron chi connectivity index (χ2n) is 5.73. The third-order valence-corrected chi connectivity index (χ3v) is 3.78. The molecule has 0 saturated carbocycles. The van der Waals surface area contributed by atoms with E-state index in [1.165, 1.54) is 38.3 Å². The van der Waals surface area contributed by atoms with Gasteiger partial charge in [0.15, 0.2) is 0 Å². The van der Waals surface area contributed by atoms with Gasteiger partial charge in [-0.05, 0) is 32.0 Å². The average Bonchev–Trinajstić information content (AvgIpc) is 2.70. The van der Waals surface area contributed by atoms with Crippen molar-refractivity contribution in [3.63, 3.8) is 0 Å². The van der Waals surface area contributed by atoms with Crippen LogP contribution < -0.4 is 5.32 Å². The number of rotatable bonds is 10. The number of carbonyl (C=O) groups excluding carboxylic acids is 4. The zero-order valence-corrected chi connectivity index (χ0v) is 16.3. The predicted molar refractivity (Wildman–Crippen MR) is 98.0 cm³/mol. The molecule has 2 N–H and O–H groups in total. The number of carboxylic acid groups (broad SMARTS) is 1. The van der Waals surface area contributed by atoms with Gasteiger partial charge in [0, 0.05) is 5.56 Å². The Morgan fingerprint density at radius 2 is 1.66 bits per heavy atom. The van der Waals surface area contributed by atoms with E-state index in [0.717, 1.165) is 0 Å². The van der Waals surface area contributed by atoms with Gasteiger partial charge in [0.25, 0.3) is 5.91 Å². The van der Waals surface area contributed by atoms with Crippen LogP contribution in [0.2, 0.25) is 0 Å². The van der Waals surface area contributed by atoms with E-state index in [4.69, 9.17) is 9.47 Å². The Kier molecular flexibility index (Phi) is 9.30. The van der Waals surface area contributed by atoms with Crippen molar-refractivity contribution in [3.05, 3.63) is 35.4 Å². The van der Waals surface area contributed by atoms with Gasteiger partial charge in [-0.3, -0.25) is 14.4 Å². The maximum Gasteiger partial charge on any atom is 0.337 e. The zero-order chi connectivity index (χ0) is 22.0. The molecular formula is C19H23NO9. The fraction of sp³-hybridized carbons (Fsp3) is 0.421. The SMILES string of the molecule is CCOC(=O)C[C@@H](C(=O)OCC)[C@H](NC(=O)c1cccc(C(=O)OC)c1)C(=O)O. The summed E-state index contributed by atoms with van der Waals surface area (Å²) < 4.78 is 14.2. The lowest BCUT2D eigenvalue weighted by atomic mass is 9.95. The molecule has 0 aromatic heterocycles. The minimum atomic E-state index is -1.76. The zero-order valence-electron chi connectivity index (χ0n) is 16.3. The first-order chi connectivity index (χ1) is 13.7. The second kappa shape index (κ2) is 11.4. The first-order valence-electron chi connectivity index (χ1n) is 8.79. The number of esters is 3. The molecule has 0 aliphatic carbocycles. The number of ether oxygens (including phenoxy) is 3. The molecule has 0 heterocycles. The molecule has 0 bridgehead atoms. The van der Waals surface area contributed by atoms with Gasteiger partial charge in [0.2, 0.25) is 0 Å². The van der Waals surface area contributed by atoms with Gasteiger partial charge in [0.05, 0.1) is 38.2 Å². The summed E-state index contributed by atoms with van der Waals surface area (Å²) in [5, 5.41) is 11.7. The Labute approximate surface area is 167 Å². The molecule has 0 aliphatic rings. The van der Waals surface area contributed by atoms with Gasteiger partial charge in [-0.15, -0.1) is 0 Å². The quantitative estimate of drug-likeness (QED) is 0.423. The summed E-state index contributed by atoms with van der Waals surface area (Å²) in [4.78, 5) is 59.9. The van der Waals surface area contributed by atoms with E-state index in [-0.39, 0.29) is 24.3 Å². The number of carboxylic acids is 1. The molecule has 158 valence electrons. The van der Waals surface area contributed by atoms with E-state index >= 15 is 0 Å². The summed E-state index contributed by atoms with van der Waals surface area (Å²) in [6.45, 7) is 3.08. The van der Waals surface area contributed by atoms with E-state index in [0.29, 0.717) is 0 Å². The van der Waals surface area contributed by atoms with Crippen LogP contribution in [0.3, 0.4) is 0 Å². The van der Waals surface area contributed by atoms with Crippen LogP contribution in [0.1, 0.15) is 41.0 Å². The highest BCUT2D eigenvalue weighted by Crippen LogP contribution is 2.15. The third-order valence-electron chi connectivity index (χ3n) is 3.78. The number of hydrogen-bond acceptors (Lipinski definition) is 8. The van der Waals surface area contributed by atoms with E-state index in [9.17, 15) is 29.1 Å². The predicted octanol–water partition coefficient (Wildman–Crippen LogP) is 0.789. The summed E-state index contributed by atoms with van der Waals surface area (Å²) in [6.07, 6.45) is -0.591. The number of amides is 1. The van der Waals surface area contributed by atoms with Gasteiger partial charge in [-0.1, -0.05) is 6.07 Å². The molecule has 0 saturated heterocycles. The minimum Gasteiger partial charge on any atom is -0.480 e. The van der Waals surface area contributed by atoms with Crippen LogP contribution in [0.4, 0.5) is 0 Å². The van der Waals surface area contributed by atoms with Crippen LogP contribution in [0.5, 0.6) is 0 Å². The summed E-state index contributed by atoms with van der Waals surface area (Å²) in [5.74, 6) is -6.35. The number of methoxy groups -OCH3 is 1. The van der Waals surface area contributed by atoms with E-state index in [2.05, 4.69) is 10.1 Å². The van der Waals surface area contributed by atoms with Crippen LogP contribution in [0, 0.1) is 5.92 Å². The van der Waals surface area contributed by atoms with Crippen molar-refractivity contribution in [1.29, 1.82) is 0 Å². The van der Waals surface area contributed by atoms with Crippen LogP contribution >= 0.6 is 0 Å². The van der Waals surface area contributed by atoms with Crippen LogP contribution in [0.15, 0.2) is 24.3 Å². The topological polar surface area (TPSA) is 145 Å². The molecular weight excluding hydrogens is 386 g/mol. The molecule has 1 amide bonds. The Hall–Kier alpha value is -3.43. The first kappa shape index (κ1) is 23.6. The van der Waals surface area contributed by atoms with Gasteiger partial charge in [-0.25, -0.2) is 9.59 Å². The highest BCUT2D eigenvalue weighted by atomic mass is 16.5. The minimum absolute atomic E-state index is 0.0297. The monoisotopic (exact) mass is 409 g/mol. The molecule has 1 aromatic carbocycles. The number of benzene rings is 1. The summed E-state index contributed by atoms with van der Waals surface area (Å²) >= 11 is 0. The molecule has 1 aromatic rings. The summed E-state index contributed by atoms with van der Waals surface area (Å²) in [5.41, 5.74) is 0.0541. The molecule has 10 heteroatoms. The van der Waals surface area contributed by atoms with E-state index < -0.39 is 48.2 Å². The maximum atomic E-state index is 12.5. The molecule has 0 unspecified atom stereocenters. The number of aliphatic carboxylic acids is 1. The Bertz CT molecular complexity index is 775. The summed E-state index contributed by atoms with van der Waals surface area (Å²) in [6, 6.07) is 3.64. The van der Waals surface area contributed by atoms with Crippen LogP contribution in [-0.4, -0.2) is 61.3 Å². The van der Waals surface area contributed by atoms with Crippen molar-refractivity contribution in [2.24, 2.45) is 5.92 Å². The third kappa shape index (κ3) is 6.91. The maximum absolute atomic E-state index is 12.5.